The third kappa shape index (κ3) is 2.32. The summed E-state index contributed by atoms with van der Waals surface area (Å²) in [5.41, 5.74) is 8.95. The molecule has 2 N–H and O–H groups in total. The fraction of sp³-hybridized carbons (Fsp3) is 0.250. The molecule has 6 heteroatoms. The van der Waals surface area contributed by atoms with Crippen molar-refractivity contribution in [2.45, 2.75) is 24.7 Å². The van der Waals surface area contributed by atoms with E-state index in [4.69, 9.17) is 10.3 Å². The molecule has 4 rings (SSSR count). The molecular weight excluding hydrogens is 278 g/mol. The first kappa shape index (κ1) is 12.9. The van der Waals surface area contributed by atoms with Crippen molar-refractivity contribution in [3.8, 4) is 11.1 Å². The van der Waals surface area contributed by atoms with Crippen LogP contribution in [0.1, 0.15) is 36.1 Å². The van der Waals surface area contributed by atoms with Gasteiger partial charge in [0.25, 0.3) is 0 Å². The molecule has 0 aliphatic heterocycles. The SMILES string of the molecule is Nc1ncc(-c2cccc(C3CC(c4ncon4)C3)c2)cn1. The molecule has 110 valence electrons. The zero-order valence-corrected chi connectivity index (χ0v) is 11.9. The molecule has 1 saturated carbocycles. The minimum absolute atomic E-state index is 0.293. The van der Waals surface area contributed by atoms with Crippen molar-refractivity contribution >= 4 is 5.95 Å². The molecule has 0 amide bonds. The topological polar surface area (TPSA) is 90.7 Å². The molecule has 22 heavy (non-hydrogen) atoms. The van der Waals surface area contributed by atoms with Gasteiger partial charge in [-0.15, -0.1) is 0 Å². The van der Waals surface area contributed by atoms with Gasteiger partial charge in [0.1, 0.15) is 0 Å². The highest BCUT2D eigenvalue weighted by molar-refractivity contribution is 5.63. The van der Waals surface area contributed by atoms with Crippen molar-refractivity contribution in [2.24, 2.45) is 0 Å². The number of nitrogens with two attached hydrogens (primary N) is 1. The number of hydrogen-bond acceptors (Lipinski definition) is 6. The minimum Gasteiger partial charge on any atom is -0.368 e. The van der Waals surface area contributed by atoms with Gasteiger partial charge in [-0.25, -0.2) is 9.97 Å². The summed E-state index contributed by atoms with van der Waals surface area (Å²) in [6.45, 7) is 0. The van der Waals surface area contributed by atoms with E-state index in [1.165, 1.54) is 12.0 Å². The predicted octanol–water partition coefficient (Wildman–Crippen LogP) is 2.77. The molecule has 0 radical (unpaired) electrons. The van der Waals surface area contributed by atoms with Gasteiger partial charge >= 0.3 is 0 Å². The average Bonchev–Trinajstić information content (AvgIpc) is 3.01. The van der Waals surface area contributed by atoms with E-state index in [2.05, 4.69) is 44.4 Å². The highest BCUT2D eigenvalue weighted by atomic mass is 16.5. The van der Waals surface area contributed by atoms with Crippen LogP contribution in [0.4, 0.5) is 5.95 Å². The molecule has 1 aliphatic carbocycles. The molecule has 1 aromatic carbocycles. The third-order valence-corrected chi connectivity index (χ3v) is 4.24. The largest absolute Gasteiger partial charge is 0.368 e. The van der Waals surface area contributed by atoms with Crippen molar-refractivity contribution in [1.29, 1.82) is 0 Å². The standard InChI is InChI=1S/C16H15N5O/c17-16-18-7-14(8-19-16)11-3-1-2-10(4-11)12-5-13(6-12)15-20-9-22-21-15/h1-4,7-9,12-13H,5-6H2,(H2,17,18,19). The van der Waals surface area contributed by atoms with Crippen LogP contribution in [-0.4, -0.2) is 20.1 Å². The molecule has 0 unspecified atom stereocenters. The van der Waals surface area contributed by atoms with Crippen LogP contribution in [0.5, 0.6) is 0 Å². The van der Waals surface area contributed by atoms with Crippen LogP contribution in [0.15, 0.2) is 47.6 Å². The Kier molecular flexibility index (Phi) is 3.07. The molecule has 1 fully saturated rings. The van der Waals surface area contributed by atoms with Crippen molar-refractivity contribution in [3.05, 3.63) is 54.4 Å². The fourth-order valence-corrected chi connectivity index (χ4v) is 2.92. The van der Waals surface area contributed by atoms with Gasteiger partial charge in [-0.05, 0) is 29.9 Å². The summed E-state index contributed by atoms with van der Waals surface area (Å²) in [6, 6.07) is 8.50. The fourth-order valence-electron chi connectivity index (χ4n) is 2.92. The normalized spacial score (nSPS) is 20.5. The molecule has 0 bridgehead atoms. The molecule has 6 nitrogen and oxygen atoms in total. The highest BCUT2D eigenvalue weighted by Crippen LogP contribution is 2.46. The van der Waals surface area contributed by atoms with E-state index < -0.39 is 0 Å². The summed E-state index contributed by atoms with van der Waals surface area (Å²) in [4.78, 5) is 12.2. The van der Waals surface area contributed by atoms with E-state index in [1.807, 2.05) is 0 Å². The number of nitrogen functional groups attached to an aromatic ring is 1. The zero-order chi connectivity index (χ0) is 14.9. The van der Waals surface area contributed by atoms with Gasteiger partial charge in [0, 0.05) is 23.9 Å². The first-order valence-corrected chi connectivity index (χ1v) is 7.24. The van der Waals surface area contributed by atoms with E-state index >= 15 is 0 Å². The molecule has 0 spiro atoms. The molecule has 1 aliphatic rings. The van der Waals surface area contributed by atoms with Crippen LogP contribution in [0.25, 0.3) is 11.1 Å². The van der Waals surface area contributed by atoms with Gasteiger partial charge in [-0.3, -0.25) is 0 Å². The van der Waals surface area contributed by atoms with Crippen LogP contribution >= 0.6 is 0 Å². The zero-order valence-electron chi connectivity index (χ0n) is 11.9. The second-order valence-electron chi connectivity index (χ2n) is 5.61. The molecule has 0 saturated heterocycles. The molecule has 3 aromatic rings. The summed E-state index contributed by atoms with van der Waals surface area (Å²) < 4.78 is 4.81. The third-order valence-electron chi connectivity index (χ3n) is 4.24. The maximum absolute atomic E-state index is 5.53. The Morgan fingerprint density at radius 2 is 1.82 bits per heavy atom. The van der Waals surface area contributed by atoms with E-state index in [0.717, 1.165) is 29.8 Å². The minimum atomic E-state index is 0.293. The van der Waals surface area contributed by atoms with Gasteiger partial charge in [-0.1, -0.05) is 29.4 Å². The molecule has 0 atom stereocenters. The van der Waals surface area contributed by atoms with E-state index in [0.29, 0.717) is 17.8 Å². The Morgan fingerprint density at radius 1 is 1.00 bits per heavy atom. The Morgan fingerprint density at radius 3 is 2.55 bits per heavy atom. The number of rotatable bonds is 3. The van der Waals surface area contributed by atoms with E-state index in [-0.39, 0.29) is 0 Å². The Hall–Kier alpha value is -2.76. The smallest absolute Gasteiger partial charge is 0.219 e. The quantitative estimate of drug-likeness (QED) is 0.798. The number of nitrogens with zero attached hydrogens (tertiary/aromatic N) is 4. The van der Waals surface area contributed by atoms with Gasteiger partial charge < -0.3 is 10.3 Å². The maximum Gasteiger partial charge on any atom is 0.219 e. The molecule has 2 heterocycles. The first-order valence-electron chi connectivity index (χ1n) is 7.24. The Bertz CT molecular complexity index is 763. The molecular formula is C16H15N5O. The number of aromatic nitrogens is 4. The van der Waals surface area contributed by atoms with Gasteiger partial charge in [0.15, 0.2) is 5.82 Å². The highest BCUT2D eigenvalue weighted by Gasteiger charge is 2.34. The van der Waals surface area contributed by atoms with Crippen molar-refractivity contribution in [3.63, 3.8) is 0 Å². The molecule has 2 aromatic heterocycles. The summed E-state index contributed by atoms with van der Waals surface area (Å²) >= 11 is 0. The van der Waals surface area contributed by atoms with Crippen LogP contribution in [0, 0.1) is 0 Å². The van der Waals surface area contributed by atoms with Gasteiger partial charge in [-0.2, -0.15) is 4.98 Å². The van der Waals surface area contributed by atoms with Gasteiger partial charge in [0.05, 0.1) is 0 Å². The Labute approximate surface area is 127 Å². The lowest BCUT2D eigenvalue weighted by Gasteiger charge is -2.33. The second-order valence-corrected chi connectivity index (χ2v) is 5.61. The van der Waals surface area contributed by atoms with Crippen LogP contribution in [0.3, 0.4) is 0 Å². The average molecular weight is 293 g/mol. The van der Waals surface area contributed by atoms with Crippen molar-refractivity contribution < 1.29 is 4.52 Å². The summed E-state index contributed by atoms with van der Waals surface area (Å²) in [5.74, 6) is 2.06. The van der Waals surface area contributed by atoms with Crippen LogP contribution in [-0.2, 0) is 0 Å². The lowest BCUT2D eigenvalue weighted by atomic mass is 9.71. The van der Waals surface area contributed by atoms with E-state index in [9.17, 15) is 0 Å². The lowest BCUT2D eigenvalue weighted by molar-refractivity contribution is 0.321. The first-order chi connectivity index (χ1) is 10.8. The van der Waals surface area contributed by atoms with Crippen molar-refractivity contribution in [1.82, 2.24) is 20.1 Å². The van der Waals surface area contributed by atoms with Gasteiger partial charge in [0.2, 0.25) is 12.3 Å². The summed E-state index contributed by atoms with van der Waals surface area (Å²) in [7, 11) is 0. The summed E-state index contributed by atoms with van der Waals surface area (Å²) in [5, 5.41) is 3.93. The Balaban J connectivity index is 1.52. The summed E-state index contributed by atoms with van der Waals surface area (Å²) in [6.07, 6.45) is 7.02. The number of anilines is 1. The predicted molar refractivity (Wildman–Crippen MR) is 80.9 cm³/mol. The monoisotopic (exact) mass is 293 g/mol. The number of hydrogen-bond donors (Lipinski definition) is 1. The van der Waals surface area contributed by atoms with Crippen LogP contribution in [0.2, 0.25) is 0 Å². The van der Waals surface area contributed by atoms with Crippen molar-refractivity contribution in [2.75, 3.05) is 5.73 Å². The number of benzene rings is 1. The van der Waals surface area contributed by atoms with Crippen LogP contribution < -0.4 is 5.73 Å². The van der Waals surface area contributed by atoms with E-state index in [1.54, 1.807) is 12.4 Å². The maximum atomic E-state index is 5.53. The second kappa shape index (κ2) is 5.22. The lowest BCUT2D eigenvalue weighted by Crippen LogP contribution is -2.21.